The Morgan fingerprint density at radius 3 is 1.31 bits per heavy atom. The fourth-order valence-corrected chi connectivity index (χ4v) is 15.8. The molecule has 2 aliphatic carbocycles. The number of aliphatic carboxylic acids is 1. The second-order valence-electron chi connectivity index (χ2n) is 30.4. The van der Waals surface area contributed by atoms with E-state index in [0.29, 0.717) is 47.5 Å². The van der Waals surface area contributed by atoms with Gasteiger partial charge in [-0.25, -0.2) is 93.9 Å². The van der Waals surface area contributed by atoms with Gasteiger partial charge in [-0.3, -0.25) is 9.10 Å². The number of hydrogen-bond acceptors (Lipinski definition) is 16. The number of nitrogens with zero attached hydrogens (tertiary/aromatic N) is 2. The summed E-state index contributed by atoms with van der Waals surface area (Å²) in [6.07, 6.45) is 6.89. The molecule has 6 aliphatic rings. The fourth-order valence-electron chi connectivity index (χ4n) is 14.3. The number of aromatic carboxylic acids is 1. The quantitative estimate of drug-likeness (QED) is 0.0260. The first-order valence-electron chi connectivity index (χ1n) is 40.5. The Morgan fingerprint density at radius 2 is 0.884 bits per heavy atom. The van der Waals surface area contributed by atoms with Gasteiger partial charge in [0.25, 0.3) is 39.6 Å². The van der Waals surface area contributed by atoms with Crippen LogP contribution < -0.4 is 34.6 Å². The Balaban J connectivity index is 0.000000196. The Labute approximate surface area is 732 Å². The lowest BCUT2D eigenvalue weighted by molar-refractivity contribution is -0.138. The standard InChI is InChI=1S/C23H21F4NO4.C19H16F3NO4S.2C13H12F3NO2.C12H23N.C11H10F4O3/c1-14(24)13-32-17-6-3-15(4-7-17)22(30)28-10-9-23(26,27)19(12-21(29)31-2)18-11-16(25)5-8-20(18)28;1-12-2-5-14(6-3-12)28(26,27)23-9-8-19(21,22)16(11-18(24)25)15-10-13(20)4-7-17(15)23;2*1-19-12(18)7-10-9-6-8(14)2-3-11(9)17-5-4-13(10,15)16;1-3-7-11(8-4-1)13-12-9-5-2-6-10-12;1-6(12)5-18-7-2-3-8(10(16)17)9(4-7)11(13,14)15/h3-8,11-12,14H,9-10,13H2,1-2H3;2-7,10-11H,8-9H2,1H3,(H,24,25);2*2-3,6-7,17H,4-5H2,1H3;11-13H,1-10H2;2-4,6H,5H2,1H3,(H,16,17)/b19-12-;16-11-;2*10-7-;;/t14-;;;;;6-/m1....1/s1. The van der Waals surface area contributed by atoms with Crippen molar-refractivity contribution in [1.82, 2.24) is 5.32 Å². The van der Waals surface area contributed by atoms with Gasteiger partial charge in [0.1, 0.15) is 60.3 Å². The molecule has 5 N–H and O–H groups in total. The van der Waals surface area contributed by atoms with Gasteiger partial charge in [0, 0.05) is 150 Å². The minimum Gasteiger partial charge on any atom is -0.491 e. The van der Waals surface area contributed by atoms with E-state index in [4.69, 9.17) is 19.7 Å². The fraction of sp³-hybridized carbons (Fsp3) is 0.385. The summed E-state index contributed by atoms with van der Waals surface area (Å²) in [5.41, 5.74) is -4.14. The molecule has 38 heteroatoms. The number of halogens is 17. The lowest BCUT2D eigenvalue weighted by Gasteiger charge is -2.30. The molecule has 4 heterocycles. The molecule has 7 aromatic carbocycles. The molecule has 0 saturated heterocycles. The largest absolute Gasteiger partial charge is 0.491 e. The summed E-state index contributed by atoms with van der Waals surface area (Å²) in [5, 5.41) is 27.1. The van der Waals surface area contributed by atoms with Crippen molar-refractivity contribution in [2.75, 3.05) is 80.6 Å². The van der Waals surface area contributed by atoms with E-state index in [1.54, 1.807) is 19.1 Å². The third kappa shape index (κ3) is 28.8. The van der Waals surface area contributed by atoms with E-state index in [2.05, 4.69) is 30.2 Å². The number of hydrogen-bond donors (Lipinski definition) is 5. The van der Waals surface area contributed by atoms with Gasteiger partial charge in [0.2, 0.25) is 0 Å². The van der Waals surface area contributed by atoms with Gasteiger partial charge in [-0.1, -0.05) is 56.2 Å². The van der Waals surface area contributed by atoms with Crippen LogP contribution in [0.15, 0.2) is 169 Å². The van der Waals surface area contributed by atoms with Crippen molar-refractivity contribution in [1.29, 1.82) is 0 Å². The number of esters is 3. The monoisotopic (exact) mass is 1850 g/mol. The number of anilines is 4. The molecule has 13 rings (SSSR count). The molecule has 2 saturated carbocycles. The van der Waals surface area contributed by atoms with Crippen molar-refractivity contribution in [3.63, 3.8) is 0 Å². The molecular formula is C91H94F17N5O15S. The highest BCUT2D eigenvalue weighted by molar-refractivity contribution is 7.92. The Hall–Kier alpha value is -12.0. The Morgan fingerprint density at radius 1 is 0.496 bits per heavy atom. The first-order valence-corrected chi connectivity index (χ1v) is 41.9. The highest BCUT2D eigenvalue weighted by Crippen LogP contribution is 2.48. The zero-order chi connectivity index (χ0) is 95.1. The smallest absolute Gasteiger partial charge is 0.417 e. The summed E-state index contributed by atoms with van der Waals surface area (Å²) in [4.78, 5) is 70.0. The van der Waals surface area contributed by atoms with Gasteiger partial charge < -0.3 is 54.7 Å². The lowest BCUT2D eigenvalue weighted by atomic mass is 9.91. The summed E-state index contributed by atoms with van der Waals surface area (Å²) in [6.45, 7) is 2.84. The number of aryl methyl sites for hydroxylation is 1. The Kier molecular flexibility index (Phi) is 36.0. The van der Waals surface area contributed by atoms with Gasteiger partial charge in [0.15, 0.2) is 0 Å². The van der Waals surface area contributed by atoms with Crippen LogP contribution in [0.4, 0.5) is 97.4 Å². The molecular weight excluding hydrogens is 1760 g/mol. The number of ether oxygens (including phenoxy) is 5. The van der Waals surface area contributed by atoms with E-state index >= 15 is 0 Å². The van der Waals surface area contributed by atoms with Crippen LogP contribution in [0.1, 0.15) is 158 Å². The summed E-state index contributed by atoms with van der Waals surface area (Å²) in [6, 6.07) is 28.7. The molecule has 4 aliphatic heterocycles. The van der Waals surface area contributed by atoms with Crippen LogP contribution >= 0.6 is 0 Å². The average Bonchev–Trinajstić information content (AvgIpc) is 1.63. The molecule has 698 valence electrons. The van der Waals surface area contributed by atoms with E-state index in [1.165, 1.54) is 145 Å². The second kappa shape index (κ2) is 45.3. The van der Waals surface area contributed by atoms with Crippen LogP contribution in [0.25, 0.3) is 22.3 Å². The zero-order valence-electron chi connectivity index (χ0n) is 70.5. The van der Waals surface area contributed by atoms with Gasteiger partial charge >= 0.3 is 36.0 Å². The molecule has 0 spiro atoms. The number of benzene rings is 7. The second-order valence-corrected chi connectivity index (χ2v) is 32.3. The van der Waals surface area contributed by atoms with E-state index in [0.717, 1.165) is 103 Å². The lowest BCUT2D eigenvalue weighted by Crippen LogP contribution is -2.40. The molecule has 1 amide bonds. The summed E-state index contributed by atoms with van der Waals surface area (Å²) >= 11 is 0. The number of nitrogens with one attached hydrogen (secondary N) is 3. The Bertz CT molecular complexity index is 5240. The minimum atomic E-state index is -4.81. The number of methoxy groups -OCH3 is 3. The van der Waals surface area contributed by atoms with Crippen LogP contribution in [0.2, 0.25) is 0 Å². The van der Waals surface area contributed by atoms with Crippen LogP contribution in [0, 0.1) is 30.2 Å². The van der Waals surface area contributed by atoms with Crippen molar-refractivity contribution < 1.29 is 146 Å². The van der Waals surface area contributed by atoms with Crippen LogP contribution in [0.3, 0.4) is 0 Å². The maximum atomic E-state index is 14.9. The molecule has 0 unspecified atom stereocenters. The summed E-state index contributed by atoms with van der Waals surface area (Å²) in [7, 11) is -0.995. The third-order valence-corrected chi connectivity index (χ3v) is 22.6. The van der Waals surface area contributed by atoms with Crippen molar-refractivity contribution in [3.05, 3.63) is 232 Å². The van der Waals surface area contributed by atoms with Crippen molar-refractivity contribution >= 4 is 90.8 Å². The van der Waals surface area contributed by atoms with Crippen LogP contribution in [-0.4, -0.2) is 163 Å². The highest BCUT2D eigenvalue weighted by atomic mass is 32.2. The predicted molar refractivity (Wildman–Crippen MR) is 448 cm³/mol. The van der Waals surface area contributed by atoms with Crippen LogP contribution in [0.5, 0.6) is 11.5 Å². The topological polar surface area (TPSA) is 266 Å². The minimum absolute atomic E-state index is 0.0205. The maximum Gasteiger partial charge on any atom is 0.417 e. The highest BCUT2D eigenvalue weighted by Gasteiger charge is 2.46. The number of sulfonamides is 1. The van der Waals surface area contributed by atoms with Crippen LogP contribution in [-0.2, 0) is 49.6 Å². The van der Waals surface area contributed by atoms with E-state index < -0.39 is 189 Å². The number of carboxylic acids is 2. The van der Waals surface area contributed by atoms with Gasteiger partial charge in [-0.15, -0.1) is 0 Å². The normalized spacial score (nSPS) is 18.5. The number of carbonyl (C=O) groups is 6. The van der Waals surface area contributed by atoms with Crippen molar-refractivity contribution in [2.45, 2.75) is 170 Å². The first kappa shape index (κ1) is 102. The number of allylic oxidation sites excluding steroid dienone is 4. The molecule has 20 nitrogen and oxygen atoms in total. The number of alkyl halides is 13. The molecule has 2 fully saturated rings. The summed E-state index contributed by atoms with van der Waals surface area (Å²) in [5.74, 6) is -23.2. The van der Waals surface area contributed by atoms with Gasteiger partial charge in [0.05, 0.1) is 48.7 Å². The molecule has 0 radical (unpaired) electrons. The molecule has 7 aromatic rings. The molecule has 129 heavy (non-hydrogen) atoms. The number of fused-ring (bicyclic) bond motifs is 4. The van der Waals surface area contributed by atoms with E-state index in [-0.39, 0.29) is 70.5 Å². The number of rotatable bonds is 16. The predicted octanol–water partition coefficient (Wildman–Crippen LogP) is 20.7. The number of carbonyl (C=O) groups excluding carboxylic acids is 4. The molecule has 2 atom stereocenters. The average molecular weight is 1850 g/mol. The van der Waals surface area contributed by atoms with E-state index in [9.17, 15) is 112 Å². The number of carboxylic acid groups (broad SMARTS) is 2. The van der Waals surface area contributed by atoms with Gasteiger partial charge in [-0.2, -0.15) is 13.2 Å². The van der Waals surface area contributed by atoms with Crippen molar-refractivity contribution in [2.24, 2.45) is 0 Å². The molecule has 0 bridgehead atoms. The maximum absolute atomic E-state index is 14.9. The zero-order valence-corrected chi connectivity index (χ0v) is 71.3. The van der Waals surface area contributed by atoms with Crippen molar-refractivity contribution in [3.8, 4) is 11.5 Å². The molecule has 0 aromatic heterocycles. The van der Waals surface area contributed by atoms with Gasteiger partial charge in [-0.05, 0) is 174 Å². The SMILES string of the molecule is C1CCC(NC2CCCCC2)CC1.COC(=O)/C=C1/c2cc(F)ccc2N(C(=O)c2ccc(OC[C@@H](C)F)cc2)CCC1(F)F.COC(=O)/C=C1/c2cc(F)ccc2NCCC1(F)F.COC(=O)/C=C1/c2cc(F)ccc2NCCC1(F)F.C[C@@H](F)COc1ccc(C(=O)O)c(C(F)(F)F)c1.Cc1ccc(S(=O)(=O)N2CCC(F)(F)/C(=C\C(=O)O)c3cc(F)ccc32)cc1. The summed E-state index contributed by atoms with van der Waals surface area (Å²) < 4.78 is 283. The van der Waals surface area contributed by atoms with E-state index in [1.807, 2.05) is 0 Å². The number of amides is 1. The first-order chi connectivity index (χ1) is 60.7. The third-order valence-electron chi connectivity index (χ3n) is 20.7.